The van der Waals surface area contributed by atoms with Crippen molar-refractivity contribution in [2.24, 2.45) is 0 Å². The maximum absolute atomic E-state index is 12.8. The van der Waals surface area contributed by atoms with Crippen LogP contribution >= 0.6 is 0 Å². The summed E-state index contributed by atoms with van der Waals surface area (Å²) in [5.41, 5.74) is 3.23. The highest BCUT2D eigenvalue weighted by atomic mass is 16.5. The van der Waals surface area contributed by atoms with E-state index >= 15 is 0 Å². The summed E-state index contributed by atoms with van der Waals surface area (Å²) in [6, 6.07) is 16.8. The number of hydrogen-bond acceptors (Lipinski definition) is 6. The normalized spacial score (nSPS) is 12.6. The van der Waals surface area contributed by atoms with Gasteiger partial charge in [-0.1, -0.05) is 17.3 Å². The van der Waals surface area contributed by atoms with Crippen molar-refractivity contribution >= 4 is 11.8 Å². The van der Waals surface area contributed by atoms with Gasteiger partial charge in [0.25, 0.3) is 11.8 Å². The van der Waals surface area contributed by atoms with E-state index in [1.807, 2.05) is 31.2 Å². The van der Waals surface area contributed by atoms with Gasteiger partial charge in [0, 0.05) is 18.2 Å². The third-order valence-corrected chi connectivity index (χ3v) is 5.64. The van der Waals surface area contributed by atoms with E-state index in [1.54, 1.807) is 28.9 Å². The molecule has 0 aliphatic heterocycles. The summed E-state index contributed by atoms with van der Waals surface area (Å²) >= 11 is 0. The second-order valence-electron chi connectivity index (χ2n) is 8.38. The van der Waals surface area contributed by atoms with Gasteiger partial charge in [0.2, 0.25) is 0 Å². The molecule has 0 saturated heterocycles. The molecular weight excluding hydrogens is 444 g/mol. The fourth-order valence-electron chi connectivity index (χ4n) is 3.63. The van der Waals surface area contributed by atoms with E-state index in [2.05, 4.69) is 27.0 Å². The lowest BCUT2D eigenvalue weighted by atomic mass is 10.1. The average Bonchev–Trinajstić information content (AvgIpc) is 3.58. The zero-order chi connectivity index (χ0) is 24.6. The van der Waals surface area contributed by atoms with Crippen molar-refractivity contribution in [1.82, 2.24) is 25.6 Å². The Morgan fingerprint density at radius 3 is 2.51 bits per heavy atom. The molecule has 35 heavy (non-hydrogen) atoms. The van der Waals surface area contributed by atoms with Gasteiger partial charge in [-0.15, -0.1) is 5.10 Å². The van der Waals surface area contributed by atoms with Gasteiger partial charge in [0.1, 0.15) is 5.75 Å². The molecule has 2 amide bonds. The summed E-state index contributed by atoms with van der Waals surface area (Å²) in [6.45, 7) is 2.87. The number of nitrogens with one attached hydrogen (secondary N) is 2. The van der Waals surface area contributed by atoms with Crippen molar-refractivity contribution in [3.63, 3.8) is 0 Å². The Labute approximate surface area is 204 Å². The van der Waals surface area contributed by atoms with Crippen molar-refractivity contribution in [3.8, 4) is 17.5 Å². The quantitative estimate of drug-likeness (QED) is 0.414. The molecule has 2 N–H and O–H groups in total. The predicted octanol–water partition coefficient (Wildman–Crippen LogP) is 2.99. The second-order valence-corrected chi connectivity index (χ2v) is 8.38. The van der Waals surface area contributed by atoms with Gasteiger partial charge >= 0.3 is 0 Å². The SMILES string of the molecule is CCNC(=O)c1ccc(-n2nnc(C(=O)NC3CC3)c2CCCOc2ccc(CC#N)cc2)cc1. The van der Waals surface area contributed by atoms with Crippen LogP contribution in [0.1, 0.15) is 58.3 Å². The van der Waals surface area contributed by atoms with Gasteiger partial charge in [-0.3, -0.25) is 9.59 Å². The van der Waals surface area contributed by atoms with E-state index in [4.69, 9.17) is 10.00 Å². The van der Waals surface area contributed by atoms with Crippen LogP contribution in [-0.4, -0.2) is 46.0 Å². The largest absolute Gasteiger partial charge is 0.494 e. The number of nitrogens with zero attached hydrogens (tertiary/aromatic N) is 4. The monoisotopic (exact) mass is 472 g/mol. The van der Waals surface area contributed by atoms with Crippen molar-refractivity contribution in [2.45, 2.75) is 45.1 Å². The molecule has 3 aromatic rings. The maximum atomic E-state index is 12.8. The molecule has 9 nitrogen and oxygen atoms in total. The number of amides is 2. The number of carbonyl (C=O) groups excluding carboxylic acids is 2. The summed E-state index contributed by atoms with van der Waals surface area (Å²) in [4.78, 5) is 24.9. The van der Waals surface area contributed by atoms with Crippen LogP contribution in [0.2, 0.25) is 0 Å². The van der Waals surface area contributed by atoms with Crippen molar-refractivity contribution in [1.29, 1.82) is 5.26 Å². The highest BCUT2D eigenvalue weighted by molar-refractivity contribution is 5.94. The molecular formula is C26H28N6O3. The second kappa shape index (κ2) is 11.3. The number of aromatic nitrogens is 3. The molecule has 1 fully saturated rings. The minimum atomic E-state index is -0.221. The first-order valence-corrected chi connectivity index (χ1v) is 11.8. The van der Waals surface area contributed by atoms with Crippen molar-refractivity contribution in [3.05, 3.63) is 71.0 Å². The van der Waals surface area contributed by atoms with Crippen LogP contribution in [0.3, 0.4) is 0 Å². The molecule has 180 valence electrons. The molecule has 1 saturated carbocycles. The number of nitriles is 1. The first kappa shape index (κ1) is 24.0. The molecule has 1 aromatic heterocycles. The Morgan fingerprint density at radius 2 is 1.86 bits per heavy atom. The van der Waals surface area contributed by atoms with Gasteiger partial charge < -0.3 is 15.4 Å². The van der Waals surface area contributed by atoms with Crippen LogP contribution in [0.25, 0.3) is 5.69 Å². The van der Waals surface area contributed by atoms with Crippen molar-refractivity contribution < 1.29 is 14.3 Å². The Hall–Kier alpha value is -4.19. The average molecular weight is 473 g/mol. The minimum absolute atomic E-state index is 0.139. The van der Waals surface area contributed by atoms with Gasteiger partial charge in [-0.25, -0.2) is 4.68 Å². The smallest absolute Gasteiger partial charge is 0.273 e. The summed E-state index contributed by atoms with van der Waals surface area (Å²) in [6.07, 6.45) is 3.52. The fourth-order valence-corrected chi connectivity index (χ4v) is 3.63. The van der Waals surface area contributed by atoms with Gasteiger partial charge in [-0.05, 0) is 74.6 Å². The Balaban J connectivity index is 1.46. The molecule has 1 aliphatic carbocycles. The standard InChI is InChI=1S/C26H28N6O3/c1-2-28-25(33)19-7-11-21(12-8-19)32-23(24(30-31-32)26(34)29-20-9-10-20)4-3-17-35-22-13-5-18(6-14-22)15-16-27/h5-8,11-14,20H,2-4,9-10,15,17H2,1H3,(H,28,33)(H,29,34). The molecule has 0 spiro atoms. The molecule has 9 heteroatoms. The van der Waals surface area contributed by atoms with Gasteiger partial charge in [-0.2, -0.15) is 5.26 Å². The van der Waals surface area contributed by atoms with E-state index in [1.165, 1.54) is 0 Å². The lowest BCUT2D eigenvalue weighted by molar-refractivity contribution is 0.0940. The third-order valence-electron chi connectivity index (χ3n) is 5.64. The third kappa shape index (κ3) is 6.23. The van der Waals surface area contributed by atoms with E-state index in [0.717, 1.165) is 29.8 Å². The maximum Gasteiger partial charge on any atom is 0.273 e. The van der Waals surface area contributed by atoms with E-state index < -0.39 is 0 Å². The molecule has 0 bridgehead atoms. The van der Waals surface area contributed by atoms with E-state index in [9.17, 15) is 9.59 Å². The lowest BCUT2D eigenvalue weighted by Gasteiger charge is -2.10. The Morgan fingerprint density at radius 1 is 1.11 bits per heavy atom. The van der Waals surface area contributed by atoms with Crippen LogP contribution < -0.4 is 15.4 Å². The van der Waals surface area contributed by atoms with Crippen LogP contribution in [0, 0.1) is 11.3 Å². The number of benzene rings is 2. The van der Waals surface area contributed by atoms with Crippen LogP contribution in [0.4, 0.5) is 0 Å². The van der Waals surface area contributed by atoms with Crippen molar-refractivity contribution in [2.75, 3.05) is 13.2 Å². The molecule has 2 aromatic carbocycles. The fraction of sp³-hybridized carbons (Fsp3) is 0.346. The highest BCUT2D eigenvalue weighted by Gasteiger charge is 2.27. The number of rotatable bonds is 11. The van der Waals surface area contributed by atoms with Gasteiger partial charge in [0.05, 0.1) is 30.5 Å². The van der Waals surface area contributed by atoms with Gasteiger partial charge in [0.15, 0.2) is 5.69 Å². The predicted molar refractivity (Wildman–Crippen MR) is 129 cm³/mol. The number of ether oxygens (including phenoxy) is 1. The van der Waals surface area contributed by atoms with E-state index in [0.29, 0.717) is 49.4 Å². The Bertz CT molecular complexity index is 1210. The Kier molecular flexibility index (Phi) is 7.73. The van der Waals surface area contributed by atoms with Crippen LogP contribution in [0.5, 0.6) is 5.75 Å². The molecule has 0 unspecified atom stereocenters. The zero-order valence-corrected chi connectivity index (χ0v) is 19.7. The minimum Gasteiger partial charge on any atom is -0.494 e. The highest BCUT2D eigenvalue weighted by Crippen LogP contribution is 2.21. The summed E-state index contributed by atoms with van der Waals surface area (Å²) in [5, 5.41) is 23.0. The van der Waals surface area contributed by atoms with Crippen LogP contribution in [-0.2, 0) is 12.8 Å². The molecule has 4 rings (SSSR count). The first-order chi connectivity index (χ1) is 17.1. The summed E-state index contributed by atoms with van der Waals surface area (Å²) < 4.78 is 7.50. The van der Waals surface area contributed by atoms with Crippen LogP contribution in [0.15, 0.2) is 48.5 Å². The first-order valence-electron chi connectivity index (χ1n) is 11.8. The zero-order valence-electron chi connectivity index (χ0n) is 19.7. The lowest BCUT2D eigenvalue weighted by Crippen LogP contribution is -2.27. The molecule has 1 aliphatic rings. The summed E-state index contributed by atoms with van der Waals surface area (Å²) in [7, 11) is 0. The molecule has 0 atom stereocenters. The van der Waals surface area contributed by atoms with E-state index in [-0.39, 0.29) is 17.9 Å². The molecule has 0 radical (unpaired) electrons. The number of carbonyl (C=O) groups is 2. The topological polar surface area (TPSA) is 122 Å². The summed E-state index contributed by atoms with van der Waals surface area (Å²) in [5.74, 6) is 0.368. The molecule has 1 heterocycles. The number of hydrogen-bond donors (Lipinski definition) is 2.